The lowest BCUT2D eigenvalue weighted by molar-refractivity contribution is -0.159. The summed E-state index contributed by atoms with van der Waals surface area (Å²) in [5, 5.41) is 0. The number of unbranched alkanes of at least 4 members (excludes halogenated alkanes) is 10. The van der Waals surface area contributed by atoms with E-state index in [2.05, 4.69) is 4.74 Å². The van der Waals surface area contributed by atoms with Gasteiger partial charge in [-0.15, -0.1) is 0 Å². The van der Waals surface area contributed by atoms with E-state index in [0.717, 1.165) is 32.1 Å². The molecule has 1 atom stereocenters. The third-order valence-corrected chi connectivity index (χ3v) is 5.16. The van der Waals surface area contributed by atoms with E-state index in [9.17, 15) is 14.4 Å². The Labute approximate surface area is 169 Å². The predicted octanol–water partition coefficient (Wildman–Crippen LogP) is 5.23. The Balaban J connectivity index is 2.09. The molecule has 0 fully saturated rings. The van der Waals surface area contributed by atoms with Crippen LogP contribution in [0.25, 0.3) is 0 Å². The zero-order chi connectivity index (χ0) is 20.7. The number of Topliss-reactive ketones (excluding diaryl/α,β-unsaturated/α-hetero) is 1. The lowest BCUT2D eigenvalue weighted by Gasteiger charge is -2.30. The third-order valence-electron chi connectivity index (χ3n) is 5.16. The molecule has 5 nitrogen and oxygen atoms in total. The van der Waals surface area contributed by atoms with E-state index in [1.807, 2.05) is 6.08 Å². The van der Waals surface area contributed by atoms with Gasteiger partial charge in [-0.3, -0.25) is 14.4 Å². The Morgan fingerprint density at radius 3 is 2.04 bits per heavy atom. The Hall–Kier alpha value is -1.91. The minimum absolute atomic E-state index is 0.0945. The molecule has 0 radical (unpaired) electrons. The molecule has 0 spiro atoms. The second-order valence-electron chi connectivity index (χ2n) is 7.63. The van der Waals surface area contributed by atoms with Crippen molar-refractivity contribution in [1.82, 2.24) is 0 Å². The van der Waals surface area contributed by atoms with Crippen molar-refractivity contribution in [3.05, 3.63) is 23.8 Å². The third kappa shape index (κ3) is 9.34. The van der Waals surface area contributed by atoms with Crippen LogP contribution in [0.15, 0.2) is 23.8 Å². The average molecular weight is 393 g/mol. The highest BCUT2D eigenvalue weighted by molar-refractivity contribution is 6.05. The van der Waals surface area contributed by atoms with E-state index < -0.39 is 11.6 Å². The van der Waals surface area contributed by atoms with Crippen molar-refractivity contribution >= 4 is 18.2 Å². The van der Waals surface area contributed by atoms with Gasteiger partial charge >= 0.3 is 5.97 Å². The molecule has 0 aliphatic heterocycles. The van der Waals surface area contributed by atoms with E-state index in [-0.39, 0.29) is 5.78 Å². The molecule has 158 valence electrons. The Morgan fingerprint density at radius 1 is 0.964 bits per heavy atom. The summed E-state index contributed by atoms with van der Waals surface area (Å²) in [6.45, 7) is 4.18. The average Bonchev–Trinajstić information content (AvgIpc) is 2.66. The minimum atomic E-state index is -1.10. The van der Waals surface area contributed by atoms with Gasteiger partial charge in [-0.1, -0.05) is 69.9 Å². The van der Waals surface area contributed by atoms with Gasteiger partial charge in [0, 0.05) is 6.92 Å². The van der Waals surface area contributed by atoms with Crippen molar-refractivity contribution in [3.8, 4) is 0 Å². The second kappa shape index (κ2) is 14.1. The van der Waals surface area contributed by atoms with E-state index in [0.29, 0.717) is 25.1 Å². The summed E-state index contributed by atoms with van der Waals surface area (Å²) in [5.41, 5.74) is -0.457. The normalized spacial score (nSPS) is 18.6. The molecular formula is C23H36O5. The van der Waals surface area contributed by atoms with Crippen LogP contribution in [0.5, 0.6) is 0 Å². The Kier molecular flexibility index (Phi) is 12.2. The molecule has 0 bridgehead atoms. The Bertz CT molecular complexity index is 549. The maximum atomic E-state index is 12.5. The maximum absolute atomic E-state index is 12.5. The zero-order valence-corrected chi connectivity index (χ0v) is 17.5. The lowest BCUT2D eigenvalue weighted by Crippen LogP contribution is -2.42. The fraction of sp³-hybridized carbons (Fsp3) is 0.696. The van der Waals surface area contributed by atoms with E-state index >= 15 is 0 Å². The fourth-order valence-corrected chi connectivity index (χ4v) is 3.63. The summed E-state index contributed by atoms with van der Waals surface area (Å²) < 4.78 is 10.1. The van der Waals surface area contributed by atoms with Gasteiger partial charge in [0.2, 0.25) is 5.78 Å². The van der Waals surface area contributed by atoms with Gasteiger partial charge in [-0.05, 0) is 37.8 Å². The molecule has 1 rings (SSSR count). The summed E-state index contributed by atoms with van der Waals surface area (Å²) >= 11 is 0. The number of carbonyl (C=O) groups excluding carboxylic acids is 3. The summed E-state index contributed by atoms with van der Waals surface area (Å²) in [6, 6.07) is 0. The molecule has 0 saturated heterocycles. The van der Waals surface area contributed by atoms with Crippen LogP contribution >= 0.6 is 0 Å². The van der Waals surface area contributed by atoms with Crippen LogP contribution in [-0.2, 0) is 23.9 Å². The van der Waals surface area contributed by atoms with Gasteiger partial charge in [-0.2, -0.15) is 0 Å². The highest BCUT2D eigenvalue weighted by Crippen LogP contribution is 2.29. The van der Waals surface area contributed by atoms with Crippen molar-refractivity contribution in [1.29, 1.82) is 0 Å². The van der Waals surface area contributed by atoms with Crippen molar-refractivity contribution < 1.29 is 23.9 Å². The monoisotopic (exact) mass is 392 g/mol. The molecule has 0 heterocycles. The largest absolute Gasteiger partial charge is 0.468 e. The summed E-state index contributed by atoms with van der Waals surface area (Å²) in [6.07, 6.45) is 18.4. The first kappa shape index (κ1) is 24.1. The van der Waals surface area contributed by atoms with Crippen LogP contribution in [0, 0.1) is 0 Å². The molecule has 1 aliphatic rings. The molecule has 1 aliphatic carbocycles. The molecule has 0 aromatic rings. The second-order valence-corrected chi connectivity index (χ2v) is 7.63. The molecule has 0 aromatic carbocycles. The zero-order valence-electron chi connectivity index (χ0n) is 17.5. The quantitative estimate of drug-likeness (QED) is 0.204. The van der Waals surface area contributed by atoms with Gasteiger partial charge < -0.3 is 9.47 Å². The van der Waals surface area contributed by atoms with Crippen LogP contribution in [0.4, 0.5) is 0 Å². The SMILES string of the molecule is CC(=O)OC1(CCCCCCCCCCCCCOC=O)C=CC=C(C)C1=O. The smallest absolute Gasteiger partial charge is 0.303 e. The number of rotatable bonds is 16. The number of esters is 1. The molecule has 0 amide bonds. The number of allylic oxidation sites excluding steroid dienone is 2. The van der Waals surface area contributed by atoms with Crippen molar-refractivity contribution in [2.75, 3.05) is 6.61 Å². The van der Waals surface area contributed by atoms with Crippen molar-refractivity contribution in [2.45, 2.75) is 96.5 Å². The van der Waals surface area contributed by atoms with Gasteiger partial charge in [0.25, 0.3) is 6.47 Å². The van der Waals surface area contributed by atoms with Crippen LogP contribution in [0.2, 0.25) is 0 Å². The number of hydrogen-bond donors (Lipinski definition) is 0. The first-order valence-corrected chi connectivity index (χ1v) is 10.7. The Morgan fingerprint density at radius 2 is 1.50 bits per heavy atom. The van der Waals surface area contributed by atoms with Gasteiger partial charge in [0.15, 0.2) is 5.60 Å². The molecule has 0 N–H and O–H groups in total. The first-order valence-electron chi connectivity index (χ1n) is 10.7. The van der Waals surface area contributed by atoms with E-state index in [4.69, 9.17) is 4.74 Å². The molecule has 0 aromatic heterocycles. The molecule has 5 heteroatoms. The van der Waals surface area contributed by atoms with Crippen LogP contribution in [0.1, 0.15) is 90.9 Å². The standard InChI is InChI=1S/C23H36O5/c1-20-15-14-17-23(22(20)26,28-21(2)25)16-12-10-8-6-4-3-5-7-9-11-13-18-27-19-24/h14-15,17,19H,3-13,16,18H2,1-2H3. The van der Waals surface area contributed by atoms with Gasteiger partial charge in [-0.25, -0.2) is 0 Å². The molecule has 1 unspecified atom stereocenters. The maximum Gasteiger partial charge on any atom is 0.303 e. The molecular weight excluding hydrogens is 356 g/mol. The number of ether oxygens (including phenoxy) is 2. The van der Waals surface area contributed by atoms with E-state index in [1.54, 1.807) is 19.1 Å². The lowest BCUT2D eigenvalue weighted by atomic mass is 9.84. The minimum Gasteiger partial charge on any atom is -0.468 e. The van der Waals surface area contributed by atoms with Gasteiger partial charge in [0.1, 0.15) is 0 Å². The number of ketones is 1. The fourth-order valence-electron chi connectivity index (χ4n) is 3.63. The highest BCUT2D eigenvalue weighted by Gasteiger charge is 2.40. The predicted molar refractivity (Wildman–Crippen MR) is 110 cm³/mol. The first-order chi connectivity index (χ1) is 13.5. The van der Waals surface area contributed by atoms with Crippen molar-refractivity contribution in [3.63, 3.8) is 0 Å². The van der Waals surface area contributed by atoms with Gasteiger partial charge in [0.05, 0.1) is 6.61 Å². The summed E-state index contributed by atoms with van der Waals surface area (Å²) in [7, 11) is 0. The van der Waals surface area contributed by atoms with Crippen LogP contribution in [0.3, 0.4) is 0 Å². The number of hydrogen-bond acceptors (Lipinski definition) is 5. The van der Waals surface area contributed by atoms with Crippen LogP contribution < -0.4 is 0 Å². The topological polar surface area (TPSA) is 69.7 Å². The van der Waals surface area contributed by atoms with Crippen molar-refractivity contribution in [2.24, 2.45) is 0 Å². The van der Waals surface area contributed by atoms with Crippen LogP contribution in [-0.4, -0.2) is 30.4 Å². The summed E-state index contributed by atoms with van der Waals surface area (Å²) in [5.74, 6) is -0.508. The summed E-state index contributed by atoms with van der Waals surface area (Å²) in [4.78, 5) is 34.0. The number of carbonyl (C=O) groups is 3. The van der Waals surface area contributed by atoms with E-state index in [1.165, 1.54) is 45.4 Å². The molecule has 0 saturated carbocycles. The molecule has 28 heavy (non-hydrogen) atoms. The highest BCUT2D eigenvalue weighted by atomic mass is 16.6.